The molecule has 0 unspecified atom stereocenters. The third-order valence-electron chi connectivity index (χ3n) is 1.55. The van der Waals surface area contributed by atoms with Crippen LogP contribution in [0.25, 0.3) is 0 Å². The number of aliphatic carboxylic acids is 1. The monoisotopic (exact) mass is 262 g/mol. The van der Waals surface area contributed by atoms with Crippen LogP contribution in [0.3, 0.4) is 0 Å². The Morgan fingerprint density at radius 2 is 2.29 bits per heavy atom. The normalized spacial score (nSPS) is 12.2. The maximum atomic E-state index is 13.0. The topological polar surface area (TPSA) is 46.5 Å². The Morgan fingerprint density at radius 1 is 1.64 bits per heavy atom. The molecule has 0 aliphatic carbocycles. The van der Waals surface area contributed by atoms with Crippen LogP contribution >= 0.6 is 15.9 Å². The molecule has 1 aromatic carbocycles. The van der Waals surface area contributed by atoms with Gasteiger partial charge in [-0.3, -0.25) is 0 Å². The molecule has 1 N–H and O–H groups in total. The van der Waals surface area contributed by atoms with Crippen LogP contribution in [0.5, 0.6) is 5.75 Å². The zero-order valence-electron chi connectivity index (χ0n) is 7.33. The maximum absolute atomic E-state index is 13.0. The lowest BCUT2D eigenvalue weighted by atomic mass is 10.3. The Balaban J connectivity index is 2.78. The van der Waals surface area contributed by atoms with Gasteiger partial charge in [-0.05, 0) is 35.0 Å². The summed E-state index contributed by atoms with van der Waals surface area (Å²) in [6.45, 7) is 1.38. The van der Waals surface area contributed by atoms with E-state index >= 15 is 0 Å². The van der Waals surface area contributed by atoms with Crippen LogP contribution in [0.1, 0.15) is 6.92 Å². The molecule has 0 saturated carbocycles. The van der Waals surface area contributed by atoms with E-state index in [0.29, 0.717) is 4.47 Å². The fraction of sp³-hybridized carbons (Fsp3) is 0.222. The van der Waals surface area contributed by atoms with Gasteiger partial charge >= 0.3 is 5.97 Å². The van der Waals surface area contributed by atoms with Gasteiger partial charge in [0.1, 0.15) is 11.6 Å². The standard InChI is InChI=1S/C9H8BrFO3/c1-5(9(12)13)14-6-2-3-7(10)8(11)4-6/h2-5H,1H3,(H,12,13)/t5-/m0/s1. The lowest BCUT2D eigenvalue weighted by molar-refractivity contribution is -0.144. The number of ether oxygens (including phenoxy) is 1. The van der Waals surface area contributed by atoms with E-state index in [0.717, 1.165) is 6.07 Å². The summed E-state index contributed by atoms with van der Waals surface area (Å²) in [7, 11) is 0. The van der Waals surface area contributed by atoms with Crippen molar-refractivity contribution in [1.29, 1.82) is 0 Å². The highest BCUT2D eigenvalue weighted by atomic mass is 79.9. The first-order valence-corrected chi connectivity index (χ1v) is 4.64. The molecular formula is C9H8BrFO3. The molecule has 0 fully saturated rings. The second kappa shape index (κ2) is 4.41. The minimum Gasteiger partial charge on any atom is -0.479 e. The highest BCUT2D eigenvalue weighted by Crippen LogP contribution is 2.21. The molecule has 0 aliphatic rings. The fourth-order valence-corrected chi connectivity index (χ4v) is 1.05. The minimum absolute atomic E-state index is 0.195. The highest BCUT2D eigenvalue weighted by molar-refractivity contribution is 9.10. The SMILES string of the molecule is C[C@H](Oc1ccc(Br)c(F)c1)C(=O)O. The van der Waals surface area contributed by atoms with Crippen molar-refractivity contribution >= 4 is 21.9 Å². The fourth-order valence-electron chi connectivity index (χ4n) is 0.805. The summed E-state index contributed by atoms with van der Waals surface area (Å²) in [5, 5.41) is 8.54. The molecule has 1 atom stereocenters. The molecule has 0 spiro atoms. The maximum Gasteiger partial charge on any atom is 0.344 e. The quantitative estimate of drug-likeness (QED) is 0.910. The Bertz CT molecular complexity index is 354. The van der Waals surface area contributed by atoms with Crippen LogP contribution < -0.4 is 4.74 Å². The molecule has 14 heavy (non-hydrogen) atoms. The van der Waals surface area contributed by atoms with E-state index in [-0.39, 0.29) is 5.75 Å². The van der Waals surface area contributed by atoms with E-state index in [4.69, 9.17) is 9.84 Å². The van der Waals surface area contributed by atoms with Crippen LogP contribution in [-0.4, -0.2) is 17.2 Å². The lowest BCUT2D eigenvalue weighted by Crippen LogP contribution is -2.22. The van der Waals surface area contributed by atoms with Gasteiger partial charge in [0.25, 0.3) is 0 Å². The van der Waals surface area contributed by atoms with Crippen LogP contribution in [0.2, 0.25) is 0 Å². The number of hydrogen-bond acceptors (Lipinski definition) is 2. The van der Waals surface area contributed by atoms with E-state index in [2.05, 4.69) is 15.9 Å². The first kappa shape index (κ1) is 11.0. The molecule has 0 saturated heterocycles. The van der Waals surface area contributed by atoms with Crippen LogP contribution in [0.4, 0.5) is 4.39 Å². The van der Waals surface area contributed by atoms with Crippen molar-refractivity contribution in [1.82, 2.24) is 0 Å². The Morgan fingerprint density at radius 3 is 2.79 bits per heavy atom. The molecular weight excluding hydrogens is 255 g/mol. The molecule has 0 amide bonds. The van der Waals surface area contributed by atoms with Gasteiger partial charge in [-0.1, -0.05) is 0 Å². The third kappa shape index (κ3) is 2.70. The summed E-state index contributed by atoms with van der Waals surface area (Å²) in [5.74, 6) is -1.38. The molecule has 0 aliphatic heterocycles. The van der Waals surface area contributed by atoms with Gasteiger partial charge in [0, 0.05) is 6.07 Å². The van der Waals surface area contributed by atoms with Gasteiger partial charge in [0.2, 0.25) is 0 Å². The molecule has 0 bridgehead atoms. The third-order valence-corrected chi connectivity index (χ3v) is 2.19. The van der Waals surface area contributed by atoms with Gasteiger partial charge in [0.05, 0.1) is 4.47 Å². The van der Waals surface area contributed by atoms with Crippen molar-refractivity contribution in [2.45, 2.75) is 13.0 Å². The number of carboxylic acids is 1. The predicted octanol–water partition coefficient (Wildman–Crippen LogP) is 2.44. The van der Waals surface area contributed by atoms with Gasteiger partial charge < -0.3 is 9.84 Å². The van der Waals surface area contributed by atoms with Crippen LogP contribution in [0, 0.1) is 5.82 Å². The van der Waals surface area contributed by atoms with Crippen LogP contribution in [0.15, 0.2) is 22.7 Å². The summed E-state index contributed by atoms with van der Waals surface area (Å²) in [4.78, 5) is 10.4. The number of hydrogen-bond donors (Lipinski definition) is 1. The van der Waals surface area contributed by atoms with Crippen LogP contribution in [-0.2, 0) is 4.79 Å². The number of benzene rings is 1. The second-order valence-corrected chi connectivity index (χ2v) is 3.53. The molecule has 1 rings (SSSR count). The number of carboxylic acid groups (broad SMARTS) is 1. The molecule has 3 nitrogen and oxygen atoms in total. The van der Waals surface area contributed by atoms with Gasteiger partial charge in [0.15, 0.2) is 6.10 Å². The first-order chi connectivity index (χ1) is 6.50. The van der Waals surface area contributed by atoms with E-state index < -0.39 is 17.9 Å². The first-order valence-electron chi connectivity index (χ1n) is 3.85. The summed E-state index contributed by atoms with van der Waals surface area (Å²) in [6.07, 6.45) is -0.990. The average Bonchev–Trinajstić information content (AvgIpc) is 2.11. The summed E-state index contributed by atoms with van der Waals surface area (Å²) in [5.41, 5.74) is 0. The van der Waals surface area contributed by atoms with Gasteiger partial charge in [-0.2, -0.15) is 0 Å². The van der Waals surface area contributed by atoms with Crippen molar-refractivity contribution < 1.29 is 19.0 Å². The van der Waals surface area contributed by atoms with Crippen molar-refractivity contribution in [3.63, 3.8) is 0 Å². The molecule has 1 aromatic rings. The predicted molar refractivity (Wildman–Crippen MR) is 51.8 cm³/mol. The van der Waals surface area contributed by atoms with Crippen molar-refractivity contribution in [2.75, 3.05) is 0 Å². The van der Waals surface area contributed by atoms with Crippen molar-refractivity contribution in [3.8, 4) is 5.75 Å². The zero-order valence-corrected chi connectivity index (χ0v) is 8.92. The molecule has 76 valence electrons. The van der Waals surface area contributed by atoms with E-state index in [9.17, 15) is 9.18 Å². The van der Waals surface area contributed by atoms with E-state index in [1.165, 1.54) is 19.1 Å². The van der Waals surface area contributed by atoms with E-state index in [1.807, 2.05) is 0 Å². The Kier molecular flexibility index (Phi) is 3.46. The molecule has 0 aromatic heterocycles. The number of carbonyl (C=O) groups is 1. The highest BCUT2D eigenvalue weighted by Gasteiger charge is 2.12. The largest absolute Gasteiger partial charge is 0.479 e. The number of rotatable bonds is 3. The molecule has 5 heteroatoms. The lowest BCUT2D eigenvalue weighted by Gasteiger charge is -2.10. The molecule has 0 radical (unpaired) electrons. The number of halogens is 2. The van der Waals surface area contributed by atoms with Crippen molar-refractivity contribution in [2.24, 2.45) is 0 Å². The zero-order chi connectivity index (χ0) is 10.7. The summed E-state index contributed by atoms with van der Waals surface area (Å²) < 4.78 is 18.2. The van der Waals surface area contributed by atoms with E-state index in [1.54, 1.807) is 0 Å². The smallest absolute Gasteiger partial charge is 0.344 e. The van der Waals surface area contributed by atoms with Gasteiger partial charge in [-0.15, -0.1) is 0 Å². The van der Waals surface area contributed by atoms with Crippen molar-refractivity contribution in [3.05, 3.63) is 28.5 Å². The summed E-state index contributed by atoms with van der Waals surface area (Å²) in [6, 6.07) is 4.08. The average molecular weight is 263 g/mol. The summed E-state index contributed by atoms with van der Waals surface area (Å²) >= 11 is 2.98. The van der Waals surface area contributed by atoms with Gasteiger partial charge in [-0.25, -0.2) is 9.18 Å². The Hall–Kier alpha value is -1.10. The Labute approximate surface area is 88.6 Å². The molecule has 0 heterocycles. The second-order valence-electron chi connectivity index (χ2n) is 2.67. The minimum atomic E-state index is -1.09.